The fraction of sp³-hybridized carbons (Fsp3) is 0.367. The van der Waals surface area contributed by atoms with Crippen LogP contribution in [0.1, 0.15) is 36.2 Å². The highest BCUT2D eigenvalue weighted by atomic mass is 19.1. The number of hydrogen-bond acceptors (Lipinski definition) is 5. The van der Waals surface area contributed by atoms with Gasteiger partial charge < -0.3 is 14.4 Å². The maximum absolute atomic E-state index is 14.1. The second-order valence-electron chi connectivity index (χ2n) is 9.84. The van der Waals surface area contributed by atoms with Crippen molar-refractivity contribution in [2.45, 2.75) is 52.3 Å². The van der Waals surface area contributed by atoms with Gasteiger partial charge in [-0.3, -0.25) is 9.48 Å². The molecule has 1 aliphatic heterocycles. The van der Waals surface area contributed by atoms with Gasteiger partial charge in [0, 0.05) is 55.4 Å². The lowest BCUT2D eigenvalue weighted by Crippen LogP contribution is -2.37. The highest BCUT2D eigenvalue weighted by Crippen LogP contribution is 2.34. The van der Waals surface area contributed by atoms with E-state index in [9.17, 15) is 9.18 Å². The zero-order valence-corrected chi connectivity index (χ0v) is 22.1. The number of para-hydroxylation sites is 1. The quantitative estimate of drug-likeness (QED) is 0.296. The molecule has 2 aromatic carbocycles. The average molecular weight is 517 g/mol. The largest absolute Gasteiger partial charge is 0.496 e. The minimum absolute atomic E-state index is 0.00450. The van der Waals surface area contributed by atoms with Crippen molar-refractivity contribution in [2.75, 3.05) is 20.3 Å². The Bertz CT molecular complexity index is 1440. The predicted octanol–water partition coefficient (Wildman–Crippen LogP) is 5.46. The highest BCUT2D eigenvalue weighted by Gasteiger charge is 2.25. The molecule has 0 radical (unpaired) electrons. The van der Waals surface area contributed by atoms with Crippen molar-refractivity contribution in [1.82, 2.24) is 19.7 Å². The SMILES string of the molecule is COc1ccccc1-c1nc2cc(F)ccc2cc1CN(C[C@@H]1CCCO1)C(=O)CCn1nc(C)cc1C. The van der Waals surface area contributed by atoms with Crippen LogP contribution in [0.25, 0.3) is 22.2 Å². The maximum atomic E-state index is 14.1. The number of nitrogens with zero attached hydrogens (tertiary/aromatic N) is 4. The van der Waals surface area contributed by atoms with Crippen molar-refractivity contribution in [1.29, 1.82) is 0 Å². The van der Waals surface area contributed by atoms with E-state index in [-0.39, 0.29) is 17.8 Å². The summed E-state index contributed by atoms with van der Waals surface area (Å²) in [5.41, 5.74) is 4.85. The van der Waals surface area contributed by atoms with Gasteiger partial charge in [0.25, 0.3) is 0 Å². The molecule has 7 nitrogen and oxygen atoms in total. The van der Waals surface area contributed by atoms with E-state index in [4.69, 9.17) is 14.5 Å². The molecule has 1 fully saturated rings. The van der Waals surface area contributed by atoms with Gasteiger partial charge in [0.2, 0.25) is 5.91 Å². The van der Waals surface area contributed by atoms with Gasteiger partial charge in [0.15, 0.2) is 0 Å². The molecule has 38 heavy (non-hydrogen) atoms. The standard InChI is InChI=1S/C30H33FN4O3/c1-20-15-21(2)35(33-20)13-12-29(36)34(19-25-7-6-14-38-25)18-23-16-22-10-11-24(31)17-27(22)32-30(23)26-8-4-5-9-28(26)37-3/h4-5,8-11,15-17,25H,6-7,12-14,18-19H2,1-3H3/t25-/m0/s1. The van der Waals surface area contributed by atoms with E-state index < -0.39 is 0 Å². The fourth-order valence-corrected chi connectivity index (χ4v) is 5.13. The lowest BCUT2D eigenvalue weighted by atomic mass is 10.0. The summed E-state index contributed by atoms with van der Waals surface area (Å²) in [6, 6.07) is 16.2. The lowest BCUT2D eigenvalue weighted by Gasteiger charge is -2.27. The number of ether oxygens (including phenoxy) is 2. The molecule has 8 heteroatoms. The molecule has 1 saturated heterocycles. The molecular weight excluding hydrogens is 483 g/mol. The van der Waals surface area contributed by atoms with Gasteiger partial charge >= 0.3 is 0 Å². The van der Waals surface area contributed by atoms with Gasteiger partial charge in [0.05, 0.1) is 30.1 Å². The number of hydrogen-bond donors (Lipinski definition) is 0. The smallest absolute Gasteiger partial charge is 0.224 e. The van der Waals surface area contributed by atoms with Crippen LogP contribution in [-0.4, -0.2) is 51.9 Å². The number of methoxy groups -OCH3 is 1. The third kappa shape index (κ3) is 5.70. The molecule has 5 rings (SSSR count). The normalized spacial score (nSPS) is 15.2. The van der Waals surface area contributed by atoms with Crippen molar-refractivity contribution in [3.8, 4) is 17.0 Å². The number of aryl methyl sites for hydroxylation is 3. The minimum Gasteiger partial charge on any atom is -0.496 e. The third-order valence-corrected chi connectivity index (χ3v) is 7.02. The minimum atomic E-state index is -0.344. The van der Waals surface area contributed by atoms with Gasteiger partial charge in [-0.15, -0.1) is 0 Å². The van der Waals surface area contributed by atoms with Gasteiger partial charge in [-0.25, -0.2) is 9.37 Å². The summed E-state index contributed by atoms with van der Waals surface area (Å²) < 4.78 is 27.5. The Hall–Kier alpha value is -3.78. The Morgan fingerprint density at radius 3 is 2.76 bits per heavy atom. The van der Waals surface area contributed by atoms with Crippen LogP contribution in [0.15, 0.2) is 54.6 Å². The number of benzene rings is 2. The summed E-state index contributed by atoms with van der Waals surface area (Å²) in [5.74, 6) is 0.347. The molecule has 198 valence electrons. The number of pyridine rings is 1. The molecule has 2 aromatic heterocycles. The first-order valence-corrected chi connectivity index (χ1v) is 13.0. The molecule has 0 aliphatic carbocycles. The molecule has 0 N–H and O–H groups in total. The Kier molecular flexibility index (Phi) is 7.69. The molecule has 0 unspecified atom stereocenters. The number of fused-ring (bicyclic) bond motifs is 1. The number of rotatable bonds is 9. The molecule has 1 aliphatic rings. The predicted molar refractivity (Wildman–Crippen MR) is 144 cm³/mol. The summed E-state index contributed by atoms with van der Waals surface area (Å²) >= 11 is 0. The first-order chi connectivity index (χ1) is 18.4. The van der Waals surface area contributed by atoms with Gasteiger partial charge in [-0.2, -0.15) is 5.10 Å². The van der Waals surface area contributed by atoms with Gasteiger partial charge in [-0.05, 0) is 68.7 Å². The van der Waals surface area contributed by atoms with Crippen LogP contribution in [0.4, 0.5) is 4.39 Å². The van der Waals surface area contributed by atoms with Crippen molar-refractivity contribution in [3.63, 3.8) is 0 Å². The molecular formula is C30H33FN4O3. The van der Waals surface area contributed by atoms with E-state index in [1.54, 1.807) is 13.2 Å². The molecule has 0 spiro atoms. The Morgan fingerprint density at radius 1 is 1.18 bits per heavy atom. The van der Waals surface area contributed by atoms with E-state index >= 15 is 0 Å². The van der Waals surface area contributed by atoms with Gasteiger partial charge in [-0.1, -0.05) is 12.1 Å². The van der Waals surface area contributed by atoms with E-state index in [2.05, 4.69) is 5.10 Å². The van der Waals surface area contributed by atoms with Crippen LogP contribution in [0.2, 0.25) is 0 Å². The van der Waals surface area contributed by atoms with Crippen LogP contribution >= 0.6 is 0 Å². The number of carbonyl (C=O) groups excluding carboxylic acids is 1. The highest BCUT2D eigenvalue weighted by molar-refractivity contribution is 5.85. The number of halogens is 1. The monoisotopic (exact) mass is 516 g/mol. The first-order valence-electron chi connectivity index (χ1n) is 13.0. The summed E-state index contributed by atoms with van der Waals surface area (Å²) in [5, 5.41) is 5.32. The van der Waals surface area contributed by atoms with Crippen LogP contribution in [-0.2, 0) is 22.6 Å². The Morgan fingerprint density at radius 2 is 2.03 bits per heavy atom. The zero-order valence-electron chi connectivity index (χ0n) is 22.1. The van der Waals surface area contributed by atoms with Crippen molar-refractivity contribution in [3.05, 3.63) is 77.4 Å². The van der Waals surface area contributed by atoms with Crippen LogP contribution in [0.5, 0.6) is 5.75 Å². The first kappa shape index (κ1) is 25.9. The molecule has 0 bridgehead atoms. The fourth-order valence-electron chi connectivity index (χ4n) is 5.13. The lowest BCUT2D eigenvalue weighted by molar-refractivity contribution is -0.133. The van der Waals surface area contributed by atoms with E-state index in [1.807, 2.05) is 59.8 Å². The summed E-state index contributed by atoms with van der Waals surface area (Å²) in [4.78, 5) is 20.4. The van der Waals surface area contributed by atoms with E-state index in [0.717, 1.165) is 40.7 Å². The number of amides is 1. The van der Waals surface area contributed by atoms with E-state index in [1.165, 1.54) is 12.1 Å². The molecule has 1 atom stereocenters. The summed E-state index contributed by atoms with van der Waals surface area (Å²) in [7, 11) is 1.62. The second-order valence-corrected chi connectivity index (χ2v) is 9.84. The molecule has 3 heterocycles. The van der Waals surface area contributed by atoms with Gasteiger partial charge in [0.1, 0.15) is 11.6 Å². The Balaban J connectivity index is 1.51. The van der Waals surface area contributed by atoms with Crippen molar-refractivity contribution >= 4 is 16.8 Å². The number of carbonyl (C=O) groups is 1. The summed E-state index contributed by atoms with van der Waals surface area (Å²) in [6.45, 7) is 6.03. The van der Waals surface area contributed by atoms with Crippen LogP contribution < -0.4 is 4.74 Å². The average Bonchev–Trinajstić information content (AvgIpc) is 3.54. The molecule has 0 saturated carbocycles. The molecule has 4 aromatic rings. The third-order valence-electron chi connectivity index (χ3n) is 7.02. The maximum Gasteiger partial charge on any atom is 0.224 e. The van der Waals surface area contributed by atoms with Crippen molar-refractivity contribution < 1.29 is 18.7 Å². The Labute approximate surface area is 222 Å². The van der Waals surface area contributed by atoms with E-state index in [0.29, 0.717) is 49.6 Å². The summed E-state index contributed by atoms with van der Waals surface area (Å²) in [6.07, 6.45) is 2.25. The topological polar surface area (TPSA) is 69.5 Å². The number of aromatic nitrogens is 3. The van der Waals surface area contributed by atoms with Crippen LogP contribution in [0, 0.1) is 19.7 Å². The second kappa shape index (κ2) is 11.3. The zero-order chi connectivity index (χ0) is 26.6. The van der Waals surface area contributed by atoms with Crippen molar-refractivity contribution in [2.24, 2.45) is 0 Å². The molecule has 1 amide bonds. The van der Waals surface area contributed by atoms with Crippen LogP contribution in [0.3, 0.4) is 0 Å².